The molecule has 154 valence electrons. The molecule has 4 aromatic rings. The van der Waals surface area contributed by atoms with Gasteiger partial charge in [-0.05, 0) is 29.5 Å². The van der Waals surface area contributed by atoms with Crippen molar-refractivity contribution in [3.8, 4) is 27.4 Å². The lowest BCUT2D eigenvalue weighted by atomic mass is 10.1. The van der Waals surface area contributed by atoms with Gasteiger partial charge in [0.2, 0.25) is 5.88 Å². The van der Waals surface area contributed by atoms with E-state index in [1.54, 1.807) is 18.4 Å². The molecule has 10 heteroatoms. The summed E-state index contributed by atoms with van der Waals surface area (Å²) in [6.07, 6.45) is -3.81. The van der Waals surface area contributed by atoms with E-state index < -0.39 is 23.7 Å². The SMILES string of the molecule is CCOC(=O)c1cnc2c(-c3cc(-c4ccccc4)cs3)c(C(F)(F)F)nn2c1O. The molecule has 0 saturated carbocycles. The largest absolute Gasteiger partial charge is 0.493 e. The number of hydrogen-bond donors (Lipinski definition) is 1. The van der Waals surface area contributed by atoms with Gasteiger partial charge < -0.3 is 9.84 Å². The van der Waals surface area contributed by atoms with Gasteiger partial charge in [-0.15, -0.1) is 11.3 Å². The molecule has 0 saturated heterocycles. The van der Waals surface area contributed by atoms with Gasteiger partial charge in [-0.3, -0.25) is 0 Å². The van der Waals surface area contributed by atoms with Gasteiger partial charge in [0.15, 0.2) is 11.3 Å². The number of thiophene rings is 1. The van der Waals surface area contributed by atoms with Gasteiger partial charge in [0, 0.05) is 11.1 Å². The number of carbonyl (C=O) groups excluding carboxylic acids is 1. The second-order valence-corrected chi connectivity index (χ2v) is 7.15. The third kappa shape index (κ3) is 3.39. The zero-order valence-corrected chi connectivity index (χ0v) is 16.3. The number of carbonyl (C=O) groups is 1. The number of ether oxygens (including phenoxy) is 1. The van der Waals surface area contributed by atoms with Gasteiger partial charge in [-0.2, -0.15) is 22.8 Å². The van der Waals surface area contributed by atoms with E-state index in [0.717, 1.165) is 28.7 Å². The minimum atomic E-state index is -4.80. The summed E-state index contributed by atoms with van der Waals surface area (Å²) in [4.78, 5) is 16.2. The Morgan fingerprint density at radius 3 is 2.63 bits per heavy atom. The first kappa shape index (κ1) is 19.9. The summed E-state index contributed by atoms with van der Waals surface area (Å²) < 4.78 is 46.6. The monoisotopic (exact) mass is 433 g/mol. The molecule has 30 heavy (non-hydrogen) atoms. The van der Waals surface area contributed by atoms with Crippen LogP contribution in [0.25, 0.3) is 27.2 Å². The normalized spacial score (nSPS) is 11.7. The molecular formula is C20H14F3N3O3S. The highest BCUT2D eigenvalue weighted by Crippen LogP contribution is 2.43. The van der Waals surface area contributed by atoms with Crippen LogP contribution in [-0.2, 0) is 10.9 Å². The van der Waals surface area contributed by atoms with Crippen LogP contribution < -0.4 is 0 Å². The number of esters is 1. The molecule has 1 N–H and O–H groups in total. The van der Waals surface area contributed by atoms with Crippen LogP contribution in [0.1, 0.15) is 23.0 Å². The molecule has 3 aromatic heterocycles. The fourth-order valence-electron chi connectivity index (χ4n) is 3.00. The number of aromatic hydroxyl groups is 1. The summed E-state index contributed by atoms with van der Waals surface area (Å²) in [5.41, 5.74) is -0.452. The Kier molecular flexibility index (Phi) is 4.94. The second-order valence-electron chi connectivity index (χ2n) is 6.24. The maximum Gasteiger partial charge on any atom is 0.435 e. The molecule has 1 aromatic carbocycles. The van der Waals surface area contributed by atoms with Gasteiger partial charge in [0.05, 0.1) is 12.2 Å². The first-order chi connectivity index (χ1) is 14.3. The number of fused-ring (bicyclic) bond motifs is 1. The molecule has 0 bridgehead atoms. The molecule has 3 heterocycles. The first-order valence-electron chi connectivity index (χ1n) is 8.80. The molecule has 0 fully saturated rings. The van der Waals surface area contributed by atoms with Gasteiger partial charge in [0.25, 0.3) is 0 Å². The molecule has 0 radical (unpaired) electrons. The van der Waals surface area contributed by atoms with Crippen LogP contribution in [0.5, 0.6) is 5.88 Å². The average Bonchev–Trinajstić information content (AvgIpc) is 3.34. The van der Waals surface area contributed by atoms with Gasteiger partial charge in [0.1, 0.15) is 5.56 Å². The highest BCUT2D eigenvalue weighted by Gasteiger charge is 2.40. The smallest absolute Gasteiger partial charge is 0.435 e. The van der Waals surface area contributed by atoms with Crippen LogP contribution in [0.3, 0.4) is 0 Å². The molecule has 0 amide bonds. The Labute approximate surface area is 172 Å². The minimum Gasteiger partial charge on any atom is -0.493 e. The molecule has 6 nitrogen and oxygen atoms in total. The van der Waals surface area contributed by atoms with Crippen molar-refractivity contribution in [3.05, 3.63) is 59.2 Å². The summed E-state index contributed by atoms with van der Waals surface area (Å²) >= 11 is 1.11. The van der Waals surface area contributed by atoms with Gasteiger partial charge >= 0.3 is 12.1 Å². The van der Waals surface area contributed by atoms with Crippen molar-refractivity contribution >= 4 is 23.0 Å². The third-order valence-electron chi connectivity index (χ3n) is 4.34. The molecular weight excluding hydrogens is 419 g/mol. The zero-order valence-electron chi connectivity index (χ0n) is 15.5. The van der Waals surface area contributed by atoms with Crippen LogP contribution in [0.2, 0.25) is 0 Å². The lowest BCUT2D eigenvalue weighted by molar-refractivity contribution is -0.140. The second kappa shape index (κ2) is 7.45. The van der Waals surface area contributed by atoms with Crippen molar-refractivity contribution in [2.75, 3.05) is 6.61 Å². The Balaban J connectivity index is 1.92. The fourth-order valence-corrected chi connectivity index (χ4v) is 3.96. The van der Waals surface area contributed by atoms with Gasteiger partial charge in [-0.25, -0.2) is 9.78 Å². The predicted molar refractivity (Wildman–Crippen MR) is 104 cm³/mol. The van der Waals surface area contributed by atoms with Crippen molar-refractivity contribution in [2.45, 2.75) is 13.1 Å². The lowest BCUT2D eigenvalue weighted by Gasteiger charge is -2.05. The summed E-state index contributed by atoms with van der Waals surface area (Å²) in [5, 5.41) is 15.6. The lowest BCUT2D eigenvalue weighted by Crippen LogP contribution is -2.09. The van der Waals surface area contributed by atoms with E-state index in [9.17, 15) is 23.1 Å². The molecule has 4 rings (SSSR count). The maximum absolute atomic E-state index is 13.7. The van der Waals surface area contributed by atoms with Crippen molar-refractivity contribution in [2.24, 2.45) is 0 Å². The highest BCUT2D eigenvalue weighted by atomic mass is 32.1. The van der Waals surface area contributed by atoms with E-state index in [0.29, 0.717) is 4.52 Å². The number of hydrogen-bond acceptors (Lipinski definition) is 6. The molecule has 0 unspecified atom stereocenters. The summed E-state index contributed by atoms with van der Waals surface area (Å²) in [5.74, 6) is -1.67. The highest BCUT2D eigenvalue weighted by molar-refractivity contribution is 7.14. The molecule has 0 atom stereocenters. The number of rotatable bonds is 4. The molecule has 0 aliphatic rings. The quantitative estimate of drug-likeness (QED) is 0.457. The Hall–Kier alpha value is -3.40. The van der Waals surface area contributed by atoms with Crippen molar-refractivity contribution < 1.29 is 27.8 Å². The fraction of sp³-hybridized carbons (Fsp3) is 0.150. The van der Waals surface area contributed by atoms with E-state index in [2.05, 4.69) is 10.1 Å². The number of halogens is 3. The molecule has 0 aliphatic carbocycles. The van der Waals surface area contributed by atoms with Crippen molar-refractivity contribution in [3.63, 3.8) is 0 Å². The number of nitrogens with zero attached hydrogens (tertiary/aromatic N) is 3. The molecule has 0 spiro atoms. The standard InChI is InChI=1S/C20H14F3N3O3S/c1-2-29-19(28)13-9-24-17-15(16(20(21,22)23)25-26(17)18(13)27)14-8-12(10-30-14)11-6-4-3-5-7-11/h3-10,27H,2H2,1H3. The summed E-state index contributed by atoms with van der Waals surface area (Å²) in [7, 11) is 0. The van der Waals surface area contributed by atoms with E-state index in [-0.39, 0.29) is 28.3 Å². The Morgan fingerprint density at radius 1 is 1.23 bits per heavy atom. The maximum atomic E-state index is 13.7. The number of alkyl halides is 3. The van der Waals surface area contributed by atoms with E-state index in [1.807, 2.05) is 30.3 Å². The van der Waals surface area contributed by atoms with E-state index >= 15 is 0 Å². The predicted octanol–water partition coefficient (Wildman–Crippen LogP) is 5.03. The Morgan fingerprint density at radius 2 is 1.97 bits per heavy atom. The number of benzene rings is 1. The van der Waals surface area contributed by atoms with Crippen LogP contribution in [0, 0.1) is 0 Å². The van der Waals surface area contributed by atoms with Crippen LogP contribution in [-0.4, -0.2) is 32.3 Å². The summed E-state index contributed by atoms with van der Waals surface area (Å²) in [6, 6.07) is 10.8. The van der Waals surface area contributed by atoms with E-state index in [1.165, 1.54) is 0 Å². The average molecular weight is 433 g/mol. The number of aromatic nitrogens is 3. The minimum absolute atomic E-state index is 0.0337. The first-order valence-corrected chi connectivity index (χ1v) is 9.68. The zero-order chi connectivity index (χ0) is 21.5. The molecule has 0 aliphatic heterocycles. The van der Waals surface area contributed by atoms with Crippen molar-refractivity contribution in [1.82, 2.24) is 14.6 Å². The Bertz CT molecular complexity index is 1230. The van der Waals surface area contributed by atoms with Crippen LogP contribution in [0.4, 0.5) is 13.2 Å². The van der Waals surface area contributed by atoms with Crippen LogP contribution >= 0.6 is 11.3 Å². The summed E-state index contributed by atoms with van der Waals surface area (Å²) in [6.45, 7) is 1.60. The van der Waals surface area contributed by atoms with Crippen LogP contribution in [0.15, 0.2) is 48.0 Å². The van der Waals surface area contributed by atoms with Gasteiger partial charge in [-0.1, -0.05) is 30.3 Å². The topological polar surface area (TPSA) is 76.7 Å². The third-order valence-corrected chi connectivity index (χ3v) is 5.28. The van der Waals surface area contributed by atoms with Crippen molar-refractivity contribution in [1.29, 1.82) is 0 Å². The van der Waals surface area contributed by atoms with E-state index in [4.69, 9.17) is 4.74 Å².